The first-order chi connectivity index (χ1) is 7.42. The zero-order valence-corrected chi connectivity index (χ0v) is 11.4. The zero-order chi connectivity index (χ0) is 12.8. The highest BCUT2D eigenvalue weighted by Crippen LogP contribution is 2.27. The minimum atomic E-state index is -0.744. The molecule has 0 fully saturated rings. The van der Waals surface area contributed by atoms with E-state index in [1.54, 1.807) is 6.92 Å². The summed E-state index contributed by atoms with van der Waals surface area (Å²) in [5.74, 6) is 0.746. The first-order valence-electron chi connectivity index (χ1n) is 6.46. The van der Waals surface area contributed by atoms with Crippen LogP contribution in [-0.4, -0.2) is 11.6 Å². The topological polar surface area (TPSA) is 34.1 Å². The maximum Gasteiger partial charge on any atom is 0.146 e. The highest BCUT2D eigenvalue weighted by molar-refractivity contribution is 6.05. The van der Waals surface area contributed by atoms with E-state index in [4.69, 9.17) is 0 Å². The van der Waals surface area contributed by atoms with Crippen molar-refractivity contribution in [3.05, 3.63) is 0 Å². The molecular formula is C14H26O2. The molecule has 2 heteroatoms. The van der Waals surface area contributed by atoms with Crippen molar-refractivity contribution < 1.29 is 9.59 Å². The Hall–Kier alpha value is -0.660. The highest BCUT2D eigenvalue weighted by atomic mass is 16.2. The van der Waals surface area contributed by atoms with Crippen LogP contribution in [-0.2, 0) is 9.59 Å². The Balaban J connectivity index is 4.39. The fourth-order valence-electron chi connectivity index (χ4n) is 1.95. The van der Waals surface area contributed by atoms with Gasteiger partial charge in [0.1, 0.15) is 11.6 Å². The highest BCUT2D eigenvalue weighted by Gasteiger charge is 2.35. The first-order valence-corrected chi connectivity index (χ1v) is 6.46. The second-order valence-electron chi connectivity index (χ2n) is 4.89. The maximum absolute atomic E-state index is 12.1. The van der Waals surface area contributed by atoms with E-state index in [1.807, 2.05) is 6.92 Å². The molecule has 0 heterocycles. The van der Waals surface area contributed by atoms with Crippen LogP contribution in [0, 0.1) is 11.3 Å². The average molecular weight is 226 g/mol. The van der Waals surface area contributed by atoms with Gasteiger partial charge in [-0.1, -0.05) is 33.6 Å². The summed E-state index contributed by atoms with van der Waals surface area (Å²) in [4.78, 5) is 23.6. The summed E-state index contributed by atoms with van der Waals surface area (Å²) < 4.78 is 0. The van der Waals surface area contributed by atoms with Gasteiger partial charge < -0.3 is 0 Å². The van der Waals surface area contributed by atoms with E-state index < -0.39 is 5.41 Å². The lowest BCUT2D eigenvalue weighted by Gasteiger charge is -2.24. The van der Waals surface area contributed by atoms with Gasteiger partial charge in [-0.25, -0.2) is 0 Å². The van der Waals surface area contributed by atoms with E-state index in [1.165, 1.54) is 6.92 Å². The van der Waals surface area contributed by atoms with Gasteiger partial charge >= 0.3 is 0 Å². The average Bonchev–Trinajstić information content (AvgIpc) is 2.28. The molecular weight excluding hydrogens is 200 g/mol. The fourth-order valence-corrected chi connectivity index (χ4v) is 1.95. The van der Waals surface area contributed by atoms with E-state index in [9.17, 15) is 9.59 Å². The lowest BCUT2D eigenvalue weighted by molar-refractivity contribution is -0.139. The van der Waals surface area contributed by atoms with Crippen molar-refractivity contribution in [2.75, 3.05) is 0 Å². The van der Waals surface area contributed by atoms with Gasteiger partial charge in [0.05, 0.1) is 5.41 Å². The summed E-state index contributed by atoms with van der Waals surface area (Å²) in [7, 11) is 0. The third-order valence-corrected chi connectivity index (χ3v) is 4.03. The zero-order valence-electron chi connectivity index (χ0n) is 11.4. The maximum atomic E-state index is 12.1. The predicted octanol–water partition coefficient (Wildman–Crippen LogP) is 3.78. The molecule has 0 rings (SSSR count). The monoisotopic (exact) mass is 226 g/mol. The van der Waals surface area contributed by atoms with E-state index in [2.05, 4.69) is 13.8 Å². The smallest absolute Gasteiger partial charge is 0.146 e. The summed E-state index contributed by atoms with van der Waals surface area (Å²) in [5, 5.41) is 0. The normalized spacial score (nSPS) is 14.9. The molecule has 0 aromatic heterocycles. The summed E-state index contributed by atoms with van der Waals surface area (Å²) >= 11 is 0. The quantitative estimate of drug-likeness (QED) is 0.590. The van der Waals surface area contributed by atoms with E-state index in [0.717, 1.165) is 19.3 Å². The van der Waals surface area contributed by atoms with Gasteiger partial charge in [-0.2, -0.15) is 0 Å². The Bertz CT molecular complexity index is 241. The summed E-state index contributed by atoms with van der Waals surface area (Å²) in [5.41, 5.74) is -0.744. The van der Waals surface area contributed by atoms with Crippen LogP contribution in [0.4, 0.5) is 0 Å². The van der Waals surface area contributed by atoms with Crippen molar-refractivity contribution in [2.24, 2.45) is 11.3 Å². The molecule has 0 saturated heterocycles. The molecule has 0 spiro atoms. The van der Waals surface area contributed by atoms with Crippen LogP contribution in [0.1, 0.15) is 66.7 Å². The molecule has 0 bridgehead atoms. The molecule has 16 heavy (non-hydrogen) atoms. The van der Waals surface area contributed by atoms with Gasteiger partial charge in [0.25, 0.3) is 0 Å². The number of ketones is 2. The van der Waals surface area contributed by atoms with E-state index in [-0.39, 0.29) is 11.6 Å². The molecule has 0 aliphatic carbocycles. The summed E-state index contributed by atoms with van der Waals surface area (Å²) in [6.07, 6.45) is 4.33. The molecule has 1 atom stereocenters. The van der Waals surface area contributed by atoms with Gasteiger partial charge in [-0.05, 0) is 32.6 Å². The molecule has 0 aliphatic rings. The van der Waals surface area contributed by atoms with Crippen LogP contribution in [0.15, 0.2) is 0 Å². The third-order valence-electron chi connectivity index (χ3n) is 4.03. The predicted molar refractivity (Wildman–Crippen MR) is 67.4 cm³/mol. The molecule has 0 N–H and O–H groups in total. The molecule has 94 valence electrons. The lowest BCUT2D eigenvalue weighted by atomic mass is 9.77. The number of hydrogen-bond donors (Lipinski definition) is 0. The standard InChI is InChI=1S/C14H26O2/c1-6-12(7-2)9-10-13(16)14(5,8-3)11(4)15/h12H,6-10H2,1-5H3. The van der Waals surface area contributed by atoms with Crippen LogP contribution in [0.2, 0.25) is 0 Å². The summed E-state index contributed by atoms with van der Waals surface area (Å²) in [6, 6.07) is 0. The molecule has 0 saturated carbocycles. The van der Waals surface area contributed by atoms with Crippen molar-refractivity contribution in [3.8, 4) is 0 Å². The van der Waals surface area contributed by atoms with Gasteiger partial charge in [-0.3, -0.25) is 9.59 Å². The third kappa shape index (κ3) is 3.73. The van der Waals surface area contributed by atoms with Gasteiger partial charge in [0, 0.05) is 6.42 Å². The Morgan fingerprint density at radius 2 is 1.62 bits per heavy atom. The SMILES string of the molecule is CCC(CC)CCC(=O)C(C)(CC)C(C)=O. The Kier molecular flexibility index (Phi) is 6.54. The van der Waals surface area contributed by atoms with E-state index >= 15 is 0 Å². The Labute approximate surface area is 99.8 Å². The van der Waals surface area contributed by atoms with Crippen molar-refractivity contribution in [3.63, 3.8) is 0 Å². The minimum Gasteiger partial charge on any atom is -0.299 e. The molecule has 2 nitrogen and oxygen atoms in total. The number of carbonyl (C=O) groups is 2. The first kappa shape index (κ1) is 15.3. The van der Waals surface area contributed by atoms with Crippen LogP contribution in [0.5, 0.6) is 0 Å². The largest absolute Gasteiger partial charge is 0.299 e. The van der Waals surface area contributed by atoms with Crippen LogP contribution >= 0.6 is 0 Å². The van der Waals surface area contributed by atoms with Crippen LogP contribution < -0.4 is 0 Å². The van der Waals surface area contributed by atoms with Gasteiger partial charge in [0.2, 0.25) is 0 Å². The number of rotatable bonds is 8. The van der Waals surface area contributed by atoms with Crippen LogP contribution in [0.3, 0.4) is 0 Å². The van der Waals surface area contributed by atoms with Crippen molar-refractivity contribution in [1.82, 2.24) is 0 Å². The molecule has 0 aliphatic heterocycles. The lowest BCUT2D eigenvalue weighted by Crippen LogP contribution is -2.34. The fraction of sp³-hybridized carbons (Fsp3) is 0.857. The van der Waals surface area contributed by atoms with Gasteiger partial charge in [0.15, 0.2) is 0 Å². The van der Waals surface area contributed by atoms with E-state index in [0.29, 0.717) is 18.8 Å². The number of carbonyl (C=O) groups excluding carboxylic acids is 2. The Morgan fingerprint density at radius 3 is 1.94 bits per heavy atom. The molecule has 0 radical (unpaired) electrons. The molecule has 0 amide bonds. The molecule has 0 aromatic carbocycles. The van der Waals surface area contributed by atoms with Crippen LogP contribution in [0.25, 0.3) is 0 Å². The van der Waals surface area contributed by atoms with Crippen molar-refractivity contribution >= 4 is 11.6 Å². The Morgan fingerprint density at radius 1 is 1.12 bits per heavy atom. The molecule has 1 unspecified atom stereocenters. The summed E-state index contributed by atoms with van der Waals surface area (Å²) in [6.45, 7) is 9.53. The molecule has 0 aromatic rings. The van der Waals surface area contributed by atoms with Gasteiger partial charge in [-0.15, -0.1) is 0 Å². The van der Waals surface area contributed by atoms with Crippen molar-refractivity contribution in [2.45, 2.75) is 66.7 Å². The second kappa shape index (κ2) is 6.82. The van der Waals surface area contributed by atoms with Crippen molar-refractivity contribution in [1.29, 1.82) is 0 Å². The number of hydrogen-bond acceptors (Lipinski definition) is 2. The second-order valence-corrected chi connectivity index (χ2v) is 4.89. The number of Topliss-reactive ketones (excluding diaryl/α,β-unsaturated/α-hetero) is 2. The minimum absolute atomic E-state index is 0.00421.